The molecule has 2 heterocycles. The van der Waals surface area contributed by atoms with Crippen LogP contribution in [0.25, 0.3) is 17.5 Å². The number of imide groups is 2. The maximum Gasteiger partial charge on any atom is 0.335 e. The number of barbiturate groups is 1. The quantitative estimate of drug-likeness (QED) is 0.488. The van der Waals surface area contributed by atoms with Crippen molar-refractivity contribution in [3.8, 4) is 11.4 Å². The van der Waals surface area contributed by atoms with Crippen molar-refractivity contribution in [2.45, 2.75) is 0 Å². The number of halogens is 1. The average Bonchev–Trinajstić information content (AvgIpc) is 2.73. The van der Waals surface area contributed by atoms with Gasteiger partial charge in [-0.25, -0.2) is 19.7 Å². The van der Waals surface area contributed by atoms with Gasteiger partial charge in [-0.3, -0.25) is 14.9 Å². The zero-order valence-corrected chi connectivity index (χ0v) is 16.5. The molecule has 1 saturated heterocycles. The van der Waals surface area contributed by atoms with Crippen molar-refractivity contribution in [3.05, 3.63) is 82.6 Å². The molecule has 0 radical (unpaired) electrons. The Morgan fingerprint density at radius 2 is 1.55 bits per heavy atom. The number of amides is 4. The molecule has 0 atom stereocenters. The van der Waals surface area contributed by atoms with Crippen molar-refractivity contribution >= 4 is 45.5 Å². The Kier molecular flexibility index (Phi) is 5.01. The fraction of sp³-hybridized carbons (Fsp3) is 0. The molecule has 0 spiro atoms. The monoisotopic (exact) mass is 448 g/mol. The number of rotatable bonds is 3. The number of urea groups is 1. The van der Waals surface area contributed by atoms with Gasteiger partial charge in [-0.05, 0) is 30.3 Å². The highest BCUT2D eigenvalue weighted by Gasteiger charge is 2.36. The van der Waals surface area contributed by atoms with E-state index >= 15 is 0 Å². The number of nitrogens with zero attached hydrogens (tertiary/aromatic N) is 3. The van der Waals surface area contributed by atoms with Crippen LogP contribution in [0.2, 0.25) is 0 Å². The molecular formula is C21H13BrN4O3. The van der Waals surface area contributed by atoms with Gasteiger partial charge in [-0.1, -0.05) is 46.3 Å². The molecule has 4 rings (SSSR count). The van der Waals surface area contributed by atoms with Crippen LogP contribution < -0.4 is 10.2 Å². The maximum atomic E-state index is 12.8. The third-order valence-electron chi connectivity index (χ3n) is 4.20. The summed E-state index contributed by atoms with van der Waals surface area (Å²) in [7, 11) is 0. The van der Waals surface area contributed by atoms with Crippen LogP contribution in [-0.2, 0) is 9.59 Å². The lowest BCUT2D eigenvalue weighted by atomic mass is 10.1. The number of hydrogen-bond acceptors (Lipinski definition) is 5. The van der Waals surface area contributed by atoms with Gasteiger partial charge in [0.25, 0.3) is 11.8 Å². The van der Waals surface area contributed by atoms with Crippen molar-refractivity contribution in [1.82, 2.24) is 15.3 Å². The summed E-state index contributed by atoms with van der Waals surface area (Å²) in [5, 5.41) is 2.19. The number of hydrogen-bond donors (Lipinski definition) is 1. The Morgan fingerprint density at radius 1 is 0.897 bits per heavy atom. The average molecular weight is 449 g/mol. The number of anilines is 1. The Balaban J connectivity index is 1.65. The number of carbonyl (C=O) groups excluding carboxylic acids is 3. The van der Waals surface area contributed by atoms with Crippen molar-refractivity contribution in [2.24, 2.45) is 0 Å². The number of nitrogens with one attached hydrogen (secondary N) is 1. The van der Waals surface area contributed by atoms with Gasteiger partial charge in [-0.15, -0.1) is 0 Å². The lowest BCUT2D eigenvalue weighted by Crippen LogP contribution is -2.54. The molecule has 4 amide bonds. The predicted octanol–water partition coefficient (Wildman–Crippen LogP) is 3.57. The fourth-order valence-electron chi connectivity index (χ4n) is 2.80. The molecular weight excluding hydrogens is 436 g/mol. The molecule has 1 fully saturated rings. The van der Waals surface area contributed by atoms with Crippen molar-refractivity contribution in [3.63, 3.8) is 0 Å². The lowest BCUT2D eigenvalue weighted by Gasteiger charge is -2.26. The smallest absolute Gasteiger partial charge is 0.273 e. The van der Waals surface area contributed by atoms with E-state index in [9.17, 15) is 14.4 Å². The summed E-state index contributed by atoms with van der Waals surface area (Å²) in [6, 6.07) is 15.2. The normalized spacial score (nSPS) is 15.6. The molecule has 0 saturated carbocycles. The molecule has 2 aromatic carbocycles. The van der Waals surface area contributed by atoms with Gasteiger partial charge in [0.1, 0.15) is 5.57 Å². The summed E-state index contributed by atoms with van der Waals surface area (Å²) in [6.45, 7) is 0. The standard InChI is InChI=1S/C21H13BrN4O3/c22-15-6-8-16(9-7-15)26-20(28)17(19(27)25-21(26)29)10-13-11-23-18(24-12-13)14-4-2-1-3-5-14/h1-12H,(H,25,27,29). The van der Waals surface area contributed by atoms with E-state index < -0.39 is 17.8 Å². The Hall–Kier alpha value is -3.65. The minimum atomic E-state index is -0.796. The van der Waals surface area contributed by atoms with Gasteiger partial charge in [0.05, 0.1) is 5.69 Å². The molecule has 1 aliphatic heterocycles. The molecule has 1 N–H and O–H groups in total. The number of benzene rings is 2. The minimum absolute atomic E-state index is 0.177. The molecule has 3 aromatic rings. The van der Waals surface area contributed by atoms with E-state index in [0.717, 1.165) is 14.9 Å². The van der Waals surface area contributed by atoms with E-state index in [4.69, 9.17) is 0 Å². The first kappa shape index (κ1) is 18.7. The summed E-state index contributed by atoms with van der Waals surface area (Å²) >= 11 is 3.30. The van der Waals surface area contributed by atoms with Crippen LogP contribution in [0.3, 0.4) is 0 Å². The van der Waals surface area contributed by atoms with Gasteiger partial charge < -0.3 is 0 Å². The topological polar surface area (TPSA) is 92.3 Å². The van der Waals surface area contributed by atoms with Crippen LogP contribution in [0, 0.1) is 0 Å². The van der Waals surface area contributed by atoms with Gasteiger partial charge in [0.2, 0.25) is 0 Å². The summed E-state index contributed by atoms with van der Waals surface area (Å²) < 4.78 is 0.800. The molecule has 0 unspecified atom stereocenters. The first-order chi connectivity index (χ1) is 14.0. The van der Waals surface area contributed by atoms with Gasteiger partial charge in [0, 0.05) is 28.0 Å². The SMILES string of the molecule is O=C1NC(=O)N(c2ccc(Br)cc2)C(=O)C1=Cc1cnc(-c2ccccc2)nc1. The first-order valence-corrected chi connectivity index (χ1v) is 9.37. The summed E-state index contributed by atoms with van der Waals surface area (Å²) in [6.07, 6.45) is 4.40. The van der Waals surface area contributed by atoms with Crippen molar-refractivity contribution < 1.29 is 14.4 Å². The van der Waals surface area contributed by atoms with Gasteiger partial charge in [-0.2, -0.15) is 0 Å². The van der Waals surface area contributed by atoms with E-state index in [1.165, 1.54) is 18.5 Å². The third-order valence-corrected chi connectivity index (χ3v) is 4.73. The maximum absolute atomic E-state index is 12.8. The van der Waals surface area contributed by atoms with E-state index in [1.807, 2.05) is 30.3 Å². The van der Waals surface area contributed by atoms with Crippen LogP contribution in [0.1, 0.15) is 5.56 Å². The first-order valence-electron chi connectivity index (χ1n) is 8.57. The van der Waals surface area contributed by atoms with E-state index in [1.54, 1.807) is 24.3 Å². The van der Waals surface area contributed by atoms with Crippen LogP contribution in [0.5, 0.6) is 0 Å². The minimum Gasteiger partial charge on any atom is -0.273 e. The van der Waals surface area contributed by atoms with Crippen LogP contribution in [-0.4, -0.2) is 27.8 Å². The summed E-state index contributed by atoms with van der Waals surface area (Å²) in [5.74, 6) is -0.951. The molecule has 29 heavy (non-hydrogen) atoms. The summed E-state index contributed by atoms with van der Waals surface area (Å²) in [5.41, 5.74) is 1.49. The highest BCUT2D eigenvalue weighted by Crippen LogP contribution is 2.23. The van der Waals surface area contributed by atoms with E-state index in [0.29, 0.717) is 17.1 Å². The van der Waals surface area contributed by atoms with Crippen LogP contribution in [0.15, 0.2) is 77.0 Å². The molecule has 8 heteroatoms. The van der Waals surface area contributed by atoms with Gasteiger partial charge >= 0.3 is 6.03 Å². The Labute approximate surface area is 174 Å². The third kappa shape index (κ3) is 3.83. The molecule has 1 aliphatic rings. The second-order valence-electron chi connectivity index (χ2n) is 6.14. The van der Waals surface area contributed by atoms with Crippen LogP contribution in [0.4, 0.5) is 10.5 Å². The second-order valence-corrected chi connectivity index (χ2v) is 7.06. The number of aromatic nitrogens is 2. The molecule has 0 aliphatic carbocycles. The zero-order chi connectivity index (χ0) is 20.4. The van der Waals surface area contributed by atoms with E-state index in [-0.39, 0.29) is 5.57 Å². The highest BCUT2D eigenvalue weighted by atomic mass is 79.9. The fourth-order valence-corrected chi connectivity index (χ4v) is 3.06. The Morgan fingerprint density at radius 3 is 2.21 bits per heavy atom. The molecule has 1 aromatic heterocycles. The van der Waals surface area contributed by atoms with Crippen LogP contribution >= 0.6 is 15.9 Å². The molecule has 7 nitrogen and oxygen atoms in total. The molecule has 0 bridgehead atoms. The number of carbonyl (C=O) groups is 3. The summed E-state index contributed by atoms with van der Waals surface area (Å²) in [4.78, 5) is 46.8. The van der Waals surface area contributed by atoms with Crippen molar-refractivity contribution in [2.75, 3.05) is 4.90 Å². The zero-order valence-electron chi connectivity index (χ0n) is 14.9. The molecule has 142 valence electrons. The highest BCUT2D eigenvalue weighted by molar-refractivity contribution is 9.10. The lowest BCUT2D eigenvalue weighted by molar-refractivity contribution is -0.122. The Bertz CT molecular complexity index is 1130. The largest absolute Gasteiger partial charge is 0.335 e. The predicted molar refractivity (Wildman–Crippen MR) is 111 cm³/mol. The van der Waals surface area contributed by atoms with E-state index in [2.05, 4.69) is 31.2 Å². The second kappa shape index (κ2) is 7.76. The van der Waals surface area contributed by atoms with Gasteiger partial charge in [0.15, 0.2) is 5.82 Å². The van der Waals surface area contributed by atoms with Crippen molar-refractivity contribution in [1.29, 1.82) is 0 Å².